The lowest BCUT2D eigenvalue weighted by Gasteiger charge is -2.09. The summed E-state index contributed by atoms with van der Waals surface area (Å²) in [5, 5.41) is 6.08. The first-order valence-electron chi connectivity index (χ1n) is 9.36. The van der Waals surface area contributed by atoms with Gasteiger partial charge in [0.05, 0.1) is 16.8 Å². The highest BCUT2D eigenvalue weighted by molar-refractivity contribution is 6.31. The van der Waals surface area contributed by atoms with Crippen molar-refractivity contribution in [3.63, 3.8) is 0 Å². The summed E-state index contributed by atoms with van der Waals surface area (Å²) in [6.45, 7) is 0. The summed E-state index contributed by atoms with van der Waals surface area (Å²) >= 11 is 6.23. The van der Waals surface area contributed by atoms with E-state index in [2.05, 4.69) is 10.1 Å². The number of carbonyl (C=O) groups excluding carboxylic acids is 1. The van der Waals surface area contributed by atoms with Gasteiger partial charge in [-0.3, -0.25) is 4.79 Å². The van der Waals surface area contributed by atoms with Crippen LogP contribution in [0, 0.1) is 0 Å². The van der Waals surface area contributed by atoms with Crippen molar-refractivity contribution in [2.75, 3.05) is 0 Å². The zero-order valence-corrected chi connectivity index (χ0v) is 16.5. The largest absolute Gasteiger partial charge is 0.298 e. The number of aromatic nitrogens is 4. The van der Waals surface area contributed by atoms with E-state index >= 15 is 0 Å². The highest BCUT2D eigenvalue weighted by atomic mass is 35.5. The summed E-state index contributed by atoms with van der Waals surface area (Å²) < 4.78 is 1.55. The van der Waals surface area contributed by atoms with E-state index in [9.17, 15) is 4.79 Å². The molecule has 2 heterocycles. The SMILES string of the molecule is O=Cc1cn(-c2nc(-c3ccccc3)c3cc(Cl)ccc3n2)nc1-c1ccccc1. The molecule has 0 aliphatic carbocycles. The number of hydrogen-bond acceptors (Lipinski definition) is 4. The molecule has 2 aromatic heterocycles. The van der Waals surface area contributed by atoms with Gasteiger partial charge in [0, 0.05) is 27.7 Å². The molecule has 3 aromatic carbocycles. The minimum atomic E-state index is 0.383. The Bertz CT molecular complexity index is 1360. The van der Waals surface area contributed by atoms with Gasteiger partial charge < -0.3 is 0 Å². The zero-order chi connectivity index (χ0) is 20.5. The molecule has 0 radical (unpaired) electrons. The maximum atomic E-state index is 11.7. The van der Waals surface area contributed by atoms with Crippen LogP contribution in [0.15, 0.2) is 85.1 Å². The van der Waals surface area contributed by atoms with Gasteiger partial charge in [-0.2, -0.15) is 5.10 Å². The molecule has 0 amide bonds. The van der Waals surface area contributed by atoms with Crippen molar-refractivity contribution in [1.82, 2.24) is 19.7 Å². The van der Waals surface area contributed by atoms with Crippen molar-refractivity contribution in [1.29, 1.82) is 0 Å². The molecule has 6 heteroatoms. The number of nitrogens with zero attached hydrogens (tertiary/aromatic N) is 4. The van der Waals surface area contributed by atoms with Crippen LogP contribution in [-0.2, 0) is 0 Å². The summed E-state index contributed by atoms with van der Waals surface area (Å²) in [4.78, 5) is 21.1. The Kier molecular flexibility index (Phi) is 4.58. The van der Waals surface area contributed by atoms with Gasteiger partial charge in [-0.15, -0.1) is 0 Å². The third-order valence-corrected chi connectivity index (χ3v) is 5.05. The van der Waals surface area contributed by atoms with Crippen molar-refractivity contribution >= 4 is 28.8 Å². The van der Waals surface area contributed by atoms with Gasteiger partial charge in [-0.1, -0.05) is 72.3 Å². The second-order valence-corrected chi connectivity index (χ2v) is 7.20. The summed E-state index contributed by atoms with van der Waals surface area (Å²) in [7, 11) is 0. The van der Waals surface area contributed by atoms with Gasteiger partial charge in [0.1, 0.15) is 5.69 Å². The van der Waals surface area contributed by atoms with Crippen LogP contribution in [0.3, 0.4) is 0 Å². The minimum absolute atomic E-state index is 0.383. The van der Waals surface area contributed by atoms with Crippen LogP contribution < -0.4 is 0 Å². The number of fused-ring (bicyclic) bond motifs is 1. The average molecular weight is 411 g/mol. The van der Waals surface area contributed by atoms with Crippen LogP contribution in [0.25, 0.3) is 39.4 Å². The Labute approximate surface area is 177 Å². The van der Waals surface area contributed by atoms with Gasteiger partial charge >= 0.3 is 0 Å². The average Bonchev–Trinajstić information content (AvgIpc) is 3.24. The second-order valence-electron chi connectivity index (χ2n) is 6.76. The highest BCUT2D eigenvalue weighted by Crippen LogP contribution is 2.29. The molecule has 0 aliphatic rings. The summed E-state index contributed by atoms with van der Waals surface area (Å²) in [5.41, 5.74) is 4.36. The number of rotatable bonds is 4. The third kappa shape index (κ3) is 3.25. The first kappa shape index (κ1) is 18.2. The molecule has 30 heavy (non-hydrogen) atoms. The number of halogens is 1. The molecule has 0 saturated heterocycles. The molecule has 0 spiro atoms. The van der Waals surface area contributed by atoms with Crippen molar-refractivity contribution in [3.05, 3.63) is 95.6 Å². The Balaban J connectivity index is 1.74. The van der Waals surface area contributed by atoms with Gasteiger partial charge in [0.25, 0.3) is 5.95 Å². The Morgan fingerprint density at radius 1 is 0.800 bits per heavy atom. The predicted octanol–water partition coefficient (Wildman–Crippen LogP) is 5.62. The predicted molar refractivity (Wildman–Crippen MR) is 118 cm³/mol. The van der Waals surface area contributed by atoms with Crippen molar-refractivity contribution in [3.8, 4) is 28.5 Å². The van der Waals surface area contributed by atoms with Gasteiger partial charge in [-0.25, -0.2) is 14.6 Å². The molecule has 5 aromatic rings. The minimum Gasteiger partial charge on any atom is -0.298 e. The van der Waals surface area contributed by atoms with Gasteiger partial charge in [0.15, 0.2) is 6.29 Å². The van der Waals surface area contributed by atoms with Crippen LogP contribution in [-0.4, -0.2) is 26.0 Å². The zero-order valence-electron chi connectivity index (χ0n) is 15.7. The lowest BCUT2D eigenvalue weighted by molar-refractivity contribution is 0.112. The summed E-state index contributed by atoms with van der Waals surface area (Å²) in [5.74, 6) is 0.383. The van der Waals surface area contributed by atoms with Crippen molar-refractivity contribution in [2.24, 2.45) is 0 Å². The maximum Gasteiger partial charge on any atom is 0.251 e. The van der Waals surface area contributed by atoms with Crippen LogP contribution >= 0.6 is 11.6 Å². The summed E-state index contributed by atoms with van der Waals surface area (Å²) in [6.07, 6.45) is 2.45. The monoisotopic (exact) mass is 410 g/mol. The van der Waals surface area contributed by atoms with E-state index in [1.807, 2.05) is 72.8 Å². The Hall–Kier alpha value is -3.83. The van der Waals surface area contributed by atoms with E-state index in [4.69, 9.17) is 16.6 Å². The first-order valence-corrected chi connectivity index (χ1v) is 9.74. The highest BCUT2D eigenvalue weighted by Gasteiger charge is 2.16. The van der Waals surface area contributed by atoms with Crippen LogP contribution in [0.4, 0.5) is 0 Å². The number of aldehydes is 1. The van der Waals surface area contributed by atoms with E-state index in [1.165, 1.54) is 0 Å². The fourth-order valence-electron chi connectivity index (χ4n) is 3.40. The maximum absolute atomic E-state index is 11.7. The molecule has 0 fully saturated rings. The van der Waals surface area contributed by atoms with Crippen molar-refractivity contribution < 1.29 is 4.79 Å². The lowest BCUT2D eigenvalue weighted by Crippen LogP contribution is -2.04. The smallest absolute Gasteiger partial charge is 0.251 e. The van der Waals surface area contributed by atoms with E-state index in [0.717, 1.165) is 34.0 Å². The first-order chi connectivity index (χ1) is 14.7. The van der Waals surface area contributed by atoms with Crippen LogP contribution in [0.1, 0.15) is 10.4 Å². The third-order valence-electron chi connectivity index (χ3n) is 4.81. The number of benzene rings is 3. The van der Waals surface area contributed by atoms with E-state index < -0.39 is 0 Å². The molecular weight excluding hydrogens is 396 g/mol. The Morgan fingerprint density at radius 3 is 2.13 bits per heavy atom. The Morgan fingerprint density at radius 2 is 1.47 bits per heavy atom. The van der Waals surface area contributed by atoms with Crippen LogP contribution in [0.2, 0.25) is 5.02 Å². The lowest BCUT2D eigenvalue weighted by atomic mass is 10.1. The topological polar surface area (TPSA) is 60.7 Å². The fraction of sp³-hybridized carbons (Fsp3) is 0. The normalized spacial score (nSPS) is 11.0. The van der Waals surface area contributed by atoms with Crippen molar-refractivity contribution in [2.45, 2.75) is 0 Å². The molecule has 144 valence electrons. The number of hydrogen-bond donors (Lipinski definition) is 0. The molecule has 5 nitrogen and oxygen atoms in total. The molecule has 0 atom stereocenters. The molecule has 0 aliphatic heterocycles. The molecular formula is C24H15ClN4O. The summed E-state index contributed by atoms with van der Waals surface area (Å²) in [6, 6.07) is 24.9. The molecule has 0 N–H and O–H groups in total. The van der Waals surface area contributed by atoms with E-state index in [0.29, 0.717) is 22.2 Å². The van der Waals surface area contributed by atoms with E-state index in [1.54, 1.807) is 16.9 Å². The van der Waals surface area contributed by atoms with Gasteiger partial charge in [-0.05, 0) is 18.2 Å². The van der Waals surface area contributed by atoms with Gasteiger partial charge in [0.2, 0.25) is 0 Å². The molecule has 5 rings (SSSR count). The fourth-order valence-corrected chi connectivity index (χ4v) is 3.58. The molecule has 0 bridgehead atoms. The van der Waals surface area contributed by atoms with E-state index in [-0.39, 0.29) is 0 Å². The quantitative estimate of drug-likeness (QED) is 0.361. The second kappa shape index (κ2) is 7.54. The number of carbonyl (C=O) groups is 1. The standard InChI is InChI=1S/C24H15ClN4O/c25-19-11-12-21-20(13-19)23(17-9-5-2-6-10-17)27-24(26-21)29-14-18(15-30)22(28-29)16-7-3-1-4-8-16/h1-15H. The molecule has 0 unspecified atom stereocenters. The molecule has 0 saturated carbocycles. The van der Waals surface area contributed by atoms with Crippen LogP contribution in [0.5, 0.6) is 0 Å².